The van der Waals surface area contributed by atoms with Crippen LogP contribution in [0.2, 0.25) is 0 Å². The highest BCUT2D eigenvalue weighted by molar-refractivity contribution is 4.97. The second kappa shape index (κ2) is 10.3. The van der Waals surface area contributed by atoms with Crippen molar-refractivity contribution >= 4 is 0 Å². The maximum absolute atomic E-state index is 10.4. The first-order valence-electron chi connectivity index (χ1n) is 9.35. The fourth-order valence-electron chi connectivity index (χ4n) is 3.71. The van der Waals surface area contributed by atoms with Gasteiger partial charge in [0, 0.05) is 21.3 Å². The number of aliphatic hydroxyl groups excluding tert-OH is 2. The maximum Gasteiger partial charge on any atom is 0.187 e. The summed E-state index contributed by atoms with van der Waals surface area (Å²) in [6.45, 7) is 8.16. The highest BCUT2D eigenvalue weighted by atomic mass is 16.7. The zero-order chi connectivity index (χ0) is 20.1. The predicted octanol–water partition coefficient (Wildman–Crippen LogP) is 0.352. The molecule has 2 rings (SSSR count). The molecule has 158 valence electrons. The Kier molecular flexibility index (Phi) is 8.64. The van der Waals surface area contributed by atoms with Crippen LogP contribution in [0.25, 0.3) is 0 Å². The number of aliphatic hydroxyl groups is 2. The summed E-state index contributed by atoms with van der Waals surface area (Å²) in [5.41, 5.74) is 0. The molecule has 0 spiro atoms. The van der Waals surface area contributed by atoms with Crippen LogP contribution in [-0.4, -0.2) is 93.8 Å². The molecule has 2 saturated heterocycles. The van der Waals surface area contributed by atoms with Gasteiger partial charge in [-0.2, -0.15) is 0 Å². The van der Waals surface area contributed by atoms with E-state index < -0.39 is 36.8 Å². The van der Waals surface area contributed by atoms with Crippen LogP contribution < -0.4 is 0 Å². The summed E-state index contributed by atoms with van der Waals surface area (Å²) in [5, 5.41) is 20.7. The third-order valence-corrected chi connectivity index (χ3v) is 5.69. The first-order chi connectivity index (χ1) is 12.9. The molecule has 10 atom stereocenters. The Morgan fingerprint density at radius 3 is 2.19 bits per heavy atom. The third-order valence-electron chi connectivity index (χ3n) is 5.69. The van der Waals surface area contributed by atoms with E-state index >= 15 is 0 Å². The van der Waals surface area contributed by atoms with Gasteiger partial charge >= 0.3 is 0 Å². The number of ether oxygens (including phenoxy) is 6. The number of hydrogen-bond acceptors (Lipinski definition) is 8. The second-order valence-electron chi connectivity index (χ2n) is 7.31. The molecule has 0 bridgehead atoms. The highest BCUT2D eigenvalue weighted by Crippen LogP contribution is 2.32. The Bertz CT molecular complexity index is 461. The lowest BCUT2D eigenvalue weighted by Gasteiger charge is -2.26. The van der Waals surface area contributed by atoms with Crippen LogP contribution in [0, 0.1) is 11.8 Å². The number of methoxy groups -OCH3 is 3. The minimum Gasteiger partial charge on any atom is -0.388 e. The van der Waals surface area contributed by atoms with Gasteiger partial charge in [-0.3, -0.25) is 0 Å². The van der Waals surface area contributed by atoms with Crippen molar-refractivity contribution in [3.8, 4) is 0 Å². The van der Waals surface area contributed by atoms with E-state index in [9.17, 15) is 10.2 Å². The average molecular weight is 390 g/mol. The maximum atomic E-state index is 10.4. The van der Waals surface area contributed by atoms with E-state index in [4.69, 9.17) is 28.4 Å². The Morgan fingerprint density at radius 1 is 0.963 bits per heavy atom. The van der Waals surface area contributed by atoms with Crippen LogP contribution in [0.5, 0.6) is 0 Å². The molecule has 0 aliphatic carbocycles. The van der Waals surface area contributed by atoms with Crippen molar-refractivity contribution in [2.75, 3.05) is 34.5 Å². The van der Waals surface area contributed by atoms with Gasteiger partial charge in [0.05, 0.1) is 19.3 Å². The highest BCUT2D eigenvalue weighted by Gasteiger charge is 2.49. The van der Waals surface area contributed by atoms with Crippen LogP contribution in [0.4, 0.5) is 0 Å². The van der Waals surface area contributed by atoms with Crippen LogP contribution in [0.15, 0.2) is 12.7 Å². The van der Waals surface area contributed by atoms with Crippen molar-refractivity contribution in [3.05, 3.63) is 12.7 Å². The molecule has 2 fully saturated rings. The molecule has 8 heteroatoms. The summed E-state index contributed by atoms with van der Waals surface area (Å²) in [4.78, 5) is 0. The molecule has 0 radical (unpaired) electrons. The van der Waals surface area contributed by atoms with Crippen molar-refractivity contribution in [2.24, 2.45) is 11.8 Å². The summed E-state index contributed by atoms with van der Waals surface area (Å²) < 4.78 is 33.7. The third kappa shape index (κ3) is 4.89. The van der Waals surface area contributed by atoms with Crippen molar-refractivity contribution in [2.45, 2.75) is 62.9 Å². The Hall–Kier alpha value is -0.580. The van der Waals surface area contributed by atoms with Gasteiger partial charge in [-0.25, -0.2) is 0 Å². The fourth-order valence-corrected chi connectivity index (χ4v) is 3.71. The van der Waals surface area contributed by atoms with Gasteiger partial charge in [0.15, 0.2) is 6.29 Å². The summed E-state index contributed by atoms with van der Waals surface area (Å²) in [6, 6.07) is 0. The lowest BCUT2D eigenvalue weighted by molar-refractivity contribution is -0.195. The van der Waals surface area contributed by atoms with Crippen LogP contribution in [0.3, 0.4) is 0 Å². The summed E-state index contributed by atoms with van der Waals surface area (Å²) in [6.07, 6.45) is -3.13. The zero-order valence-corrected chi connectivity index (χ0v) is 16.8. The smallest absolute Gasteiger partial charge is 0.187 e. The van der Waals surface area contributed by atoms with Crippen LogP contribution >= 0.6 is 0 Å². The topological polar surface area (TPSA) is 95.8 Å². The first-order valence-corrected chi connectivity index (χ1v) is 9.35. The van der Waals surface area contributed by atoms with E-state index in [1.807, 2.05) is 19.9 Å². The minimum atomic E-state index is -1.04. The number of hydrogen-bond donors (Lipinski definition) is 2. The normalized spacial score (nSPS) is 41.6. The lowest BCUT2D eigenvalue weighted by Crippen LogP contribution is -2.40. The van der Waals surface area contributed by atoms with Crippen molar-refractivity contribution in [3.63, 3.8) is 0 Å². The van der Waals surface area contributed by atoms with Gasteiger partial charge in [0.1, 0.15) is 36.6 Å². The molecule has 2 aliphatic heterocycles. The molecular weight excluding hydrogens is 356 g/mol. The zero-order valence-electron chi connectivity index (χ0n) is 16.8. The van der Waals surface area contributed by atoms with Crippen LogP contribution in [-0.2, 0) is 28.4 Å². The monoisotopic (exact) mass is 390 g/mol. The van der Waals surface area contributed by atoms with Gasteiger partial charge < -0.3 is 38.6 Å². The summed E-state index contributed by atoms with van der Waals surface area (Å²) in [7, 11) is 4.73. The molecular formula is C19H34O8. The van der Waals surface area contributed by atoms with Crippen molar-refractivity contribution in [1.29, 1.82) is 0 Å². The van der Waals surface area contributed by atoms with E-state index in [0.717, 1.165) is 0 Å². The van der Waals surface area contributed by atoms with Gasteiger partial charge in [0.2, 0.25) is 0 Å². The predicted molar refractivity (Wildman–Crippen MR) is 97.3 cm³/mol. The molecule has 27 heavy (non-hydrogen) atoms. The second-order valence-corrected chi connectivity index (χ2v) is 7.31. The molecule has 2 aliphatic rings. The molecule has 2 heterocycles. The van der Waals surface area contributed by atoms with E-state index in [0.29, 0.717) is 6.61 Å². The molecule has 2 N–H and O–H groups in total. The van der Waals surface area contributed by atoms with Crippen LogP contribution in [0.1, 0.15) is 13.8 Å². The van der Waals surface area contributed by atoms with Crippen molar-refractivity contribution < 1.29 is 38.6 Å². The molecule has 10 unspecified atom stereocenters. The number of rotatable bonds is 10. The molecule has 0 aromatic heterocycles. The fraction of sp³-hybridized carbons (Fsp3) is 0.895. The van der Waals surface area contributed by atoms with Gasteiger partial charge in [0.25, 0.3) is 0 Å². The molecule has 0 amide bonds. The molecule has 8 nitrogen and oxygen atoms in total. The van der Waals surface area contributed by atoms with E-state index in [1.165, 1.54) is 0 Å². The first kappa shape index (κ1) is 22.7. The van der Waals surface area contributed by atoms with E-state index in [-0.39, 0.29) is 30.7 Å². The summed E-state index contributed by atoms with van der Waals surface area (Å²) in [5.74, 6) is 0.153. The molecule has 0 saturated carbocycles. The Morgan fingerprint density at radius 2 is 1.63 bits per heavy atom. The molecule has 0 aromatic rings. The largest absolute Gasteiger partial charge is 0.388 e. The Balaban J connectivity index is 1.96. The van der Waals surface area contributed by atoms with Gasteiger partial charge in [-0.05, 0) is 11.8 Å². The van der Waals surface area contributed by atoms with Gasteiger partial charge in [-0.1, -0.05) is 19.9 Å². The Labute approximate surface area is 161 Å². The van der Waals surface area contributed by atoms with E-state index in [1.54, 1.807) is 21.3 Å². The van der Waals surface area contributed by atoms with Crippen molar-refractivity contribution in [1.82, 2.24) is 0 Å². The lowest BCUT2D eigenvalue weighted by atomic mass is 9.87. The van der Waals surface area contributed by atoms with E-state index in [2.05, 4.69) is 6.58 Å². The molecule has 0 aromatic carbocycles. The quantitative estimate of drug-likeness (QED) is 0.516. The SMILES string of the molecule is C=CC(C)C(C)C1OC(COC2OC(COC)C(OC)C2OC)C(O)C1O. The van der Waals surface area contributed by atoms with Gasteiger partial charge in [-0.15, -0.1) is 6.58 Å². The average Bonchev–Trinajstić information content (AvgIpc) is 3.16. The standard InChI is InChI=1S/C19H34O8/c1-7-10(2)11(3)16-15(21)14(20)12(26-16)9-25-19-18(24-6)17(23-5)13(27-19)8-22-4/h7,10-21H,1,8-9H2,2-6H3. The summed E-state index contributed by atoms with van der Waals surface area (Å²) >= 11 is 0. The number of allylic oxidation sites excluding steroid dienone is 1. The minimum absolute atomic E-state index is 0.00978.